The van der Waals surface area contributed by atoms with Crippen LogP contribution in [0.15, 0.2) is 54.6 Å². The van der Waals surface area contributed by atoms with E-state index in [9.17, 15) is 14.0 Å². The Morgan fingerprint density at radius 1 is 0.966 bits per heavy atom. The Hall–Kier alpha value is -3.09. The number of rotatable bonds is 8. The number of carbonyl (C=O) groups is 2. The average molecular weight is 399 g/mol. The average Bonchev–Trinajstić information content (AvgIpc) is 2.76. The Kier molecular flexibility index (Phi) is 7.44. The van der Waals surface area contributed by atoms with Gasteiger partial charge in [0.25, 0.3) is 0 Å². The van der Waals surface area contributed by atoms with Crippen LogP contribution < -0.4 is 15.0 Å². The van der Waals surface area contributed by atoms with E-state index < -0.39 is 0 Å². The van der Waals surface area contributed by atoms with Gasteiger partial charge in [-0.3, -0.25) is 9.59 Å². The number of amides is 2. The van der Waals surface area contributed by atoms with Crippen LogP contribution in [-0.2, 0) is 9.59 Å². The van der Waals surface area contributed by atoms with Crippen molar-refractivity contribution in [3.8, 4) is 5.75 Å². The molecule has 2 aromatic carbocycles. The van der Waals surface area contributed by atoms with Crippen molar-refractivity contribution in [3.63, 3.8) is 0 Å². The molecular formula is C22H26FN3O3. The molecule has 0 aliphatic carbocycles. The first-order chi connectivity index (χ1) is 14.1. The highest BCUT2D eigenvalue weighted by Crippen LogP contribution is 2.17. The van der Waals surface area contributed by atoms with Crippen LogP contribution in [-0.4, -0.2) is 56.0 Å². The number of ether oxygens (including phenoxy) is 1. The van der Waals surface area contributed by atoms with Gasteiger partial charge >= 0.3 is 0 Å². The summed E-state index contributed by atoms with van der Waals surface area (Å²) in [6.45, 7) is 2.99. The summed E-state index contributed by atoms with van der Waals surface area (Å²) < 4.78 is 18.6. The highest BCUT2D eigenvalue weighted by Gasteiger charge is 2.21. The summed E-state index contributed by atoms with van der Waals surface area (Å²) in [5.74, 6) is 0.283. The number of benzene rings is 2. The minimum Gasteiger partial charge on any atom is -0.494 e. The Bertz CT molecular complexity index is 791. The fourth-order valence-electron chi connectivity index (χ4n) is 3.18. The smallest absolute Gasteiger partial charge is 0.242 e. The number of carbonyl (C=O) groups excluding carboxylic acids is 2. The summed E-state index contributed by atoms with van der Waals surface area (Å²) in [6.07, 6.45) is 0.906. The zero-order valence-corrected chi connectivity index (χ0v) is 16.4. The number of hydrogen-bond donors (Lipinski definition) is 1. The largest absolute Gasteiger partial charge is 0.494 e. The van der Waals surface area contributed by atoms with Crippen LogP contribution in [0.1, 0.15) is 12.8 Å². The third-order valence-corrected chi connectivity index (χ3v) is 4.82. The van der Waals surface area contributed by atoms with E-state index in [1.807, 2.05) is 30.3 Å². The number of halogens is 1. The van der Waals surface area contributed by atoms with Crippen LogP contribution in [0.25, 0.3) is 0 Å². The Balaban J connectivity index is 1.30. The number of nitrogens with zero attached hydrogens (tertiary/aromatic N) is 2. The lowest BCUT2D eigenvalue weighted by atomic mass is 10.2. The summed E-state index contributed by atoms with van der Waals surface area (Å²) >= 11 is 0. The molecule has 29 heavy (non-hydrogen) atoms. The molecule has 0 atom stereocenters. The van der Waals surface area contributed by atoms with Crippen molar-refractivity contribution < 1.29 is 18.7 Å². The van der Waals surface area contributed by atoms with Crippen molar-refractivity contribution in [1.82, 2.24) is 10.2 Å². The van der Waals surface area contributed by atoms with Crippen molar-refractivity contribution in [1.29, 1.82) is 0 Å². The van der Waals surface area contributed by atoms with Gasteiger partial charge in [0.1, 0.15) is 11.6 Å². The molecule has 0 spiro atoms. The molecule has 0 bridgehead atoms. The second kappa shape index (κ2) is 10.5. The Morgan fingerprint density at radius 2 is 1.66 bits per heavy atom. The van der Waals surface area contributed by atoms with E-state index in [-0.39, 0.29) is 24.2 Å². The lowest BCUT2D eigenvalue weighted by Gasteiger charge is -2.36. The number of piperazine rings is 1. The zero-order chi connectivity index (χ0) is 20.5. The van der Waals surface area contributed by atoms with Crippen molar-refractivity contribution in [2.45, 2.75) is 12.8 Å². The molecule has 3 rings (SSSR count). The summed E-state index contributed by atoms with van der Waals surface area (Å²) in [5.41, 5.74) is 0.949. The second-order valence-electron chi connectivity index (χ2n) is 6.89. The number of para-hydroxylation sites is 1. The summed E-state index contributed by atoms with van der Waals surface area (Å²) in [4.78, 5) is 28.1. The number of anilines is 1. The number of nitrogens with one attached hydrogen (secondary N) is 1. The first kappa shape index (κ1) is 20.6. The first-order valence-electron chi connectivity index (χ1n) is 9.84. The van der Waals surface area contributed by atoms with E-state index in [0.29, 0.717) is 45.6 Å². The SMILES string of the molecule is O=C(CCCOc1ccccc1)NCC(=O)N1CCN(c2ccc(F)cc2)CC1. The van der Waals surface area contributed by atoms with Crippen LogP contribution >= 0.6 is 0 Å². The van der Waals surface area contributed by atoms with Crippen molar-refractivity contribution in [2.24, 2.45) is 0 Å². The van der Waals surface area contributed by atoms with Gasteiger partial charge in [0.15, 0.2) is 0 Å². The van der Waals surface area contributed by atoms with Gasteiger partial charge in [0.2, 0.25) is 11.8 Å². The van der Waals surface area contributed by atoms with Gasteiger partial charge in [-0.15, -0.1) is 0 Å². The summed E-state index contributed by atoms with van der Waals surface area (Å²) in [6, 6.07) is 15.8. The molecule has 0 saturated carbocycles. The van der Waals surface area contributed by atoms with Gasteiger partial charge in [0, 0.05) is 38.3 Å². The van der Waals surface area contributed by atoms with Crippen molar-refractivity contribution in [3.05, 3.63) is 60.4 Å². The summed E-state index contributed by atoms with van der Waals surface area (Å²) in [5, 5.41) is 2.69. The van der Waals surface area contributed by atoms with E-state index in [1.165, 1.54) is 12.1 Å². The first-order valence-corrected chi connectivity index (χ1v) is 9.84. The summed E-state index contributed by atoms with van der Waals surface area (Å²) in [7, 11) is 0. The predicted octanol–water partition coefficient (Wildman–Crippen LogP) is 2.45. The molecule has 6 nitrogen and oxygen atoms in total. The third kappa shape index (κ3) is 6.48. The Labute approximate surface area is 170 Å². The molecule has 2 amide bonds. The van der Waals surface area contributed by atoms with Gasteiger partial charge in [0.05, 0.1) is 13.2 Å². The minimum absolute atomic E-state index is 0.00885. The monoisotopic (exact) mass is 399 g/mol. The fraction of sp³-hybridized carbons (Fsp3) is 0.364. The van der Waals surface area contributed by atoms with E-state index in [4.69, 9.17) is 4.74 Å². The molecule has 0 radical (unpaired) electrons. The maximum atomic E-state index is 13.0. The van der Waals surface area contributed by atoms with Crippen LogP contribution in [0.5, 0.6) is 5.75 Å². The minimum atomic E-state index is -0.259. The third-order valence-electron chi connectivity index (χ3n) is 4.82. The van der Waals surface area contributed by atoms with Gasteiger partial charge in [-0.05, 0) is 42.8 Å². The fourth-order valence-corrected chi connectivity index (χ4v) is 3.18. The lowest BCUT2D eigenvalue weighted by molar-refractivity contribution is -0.133. The van der Waals surface area contributed by atoms with Crippen LogP contribution in [0.2, 0.25) is 0 Å². The van der Waals surface area contributed by atoms with Crippen molar-refractivity contribution in [2.75, 3.05) is 44.2 Å². The molecule has 1 aliphatic heterocycles. The topological polar surface area (TPSA) is 61.9 Å². The lowest BCUT2D eigenvalue weighted by Crippen LogP contribution is -2.51. The van der Waals surface area contributed by atoms with Crippen LogP contribution in [0.3, 0.4) is 0 Å². The van der Waals surface area contributed by atoms with E-state index in [0.717, 1.165) is 11.4 Å². The normalized spacial score (nSPS) is 13.8. The maximum Gasteiger partial charge on any atom is 0.242 e. The van der Waals surface area contributed by atoms with E-state index in [2.05, 4.69) is 10.2 Å². The van der Waals surface area contributed by atoms with Gasteiger partial charge < -0.3 is 19.9 Å². The van der Waals surface area contributed by atoms with Gasteiger partial charge in [-0.1, -0.05) is 18.2 Å². The van der Waals surface area contributed by atoms with Crippen molar-refractivity contribution >= 4 is 17.5 Å². The van der Waals surface area contributed by atoms with Gasteiger partial charge in [-0.25, -0.2) is 4.39 Å². The molecule has 2 aromatic rings. The highest BCUT2D eigenvalue weighted by molar-refractivity contribution is 5.84. The predicted molar refractivity (Wildman–Crippen MR) is 109 cm³/mol. The highest BCUT2D eigenvalue weighted by atomic mass is 19.1. The molecule has 0 aromatic heterocycles. The molecular weight excluding hydrogens is 373 g/mol. The van der Waals surface area contributed by atoms with E-state index >= 15 is 0 Å². The van der Waals surface area contributed by atoms with E-state index in [1.54, 1.807) is 17.0 Å². The molecule has 7 heteroatoms. The quantitative estimate of drug-likeness (QED) is 0.693. The van der Waals surface area contributed by atoms with Gasteiger partial charge in [-0.2, -0.15) is 0 Å². The number of hydrogen-bond acceptors (Lipinski definition) is 4. The molecule has 154 valence electrons. The van der Waals surface area contributed by atoms with Crippen LogP contribution in [0, 0.1) is 5.82 Å². The molecule has 0 unspecified atom stereocenters. The zero-order valence-electron chi connectivity index (χ0n) is 16.4. The van der Waals surface area contributed by atoms with Crippen LogP contribution in [0.4, 0.5) is 10.1 Å². The molecule has 1 aliphatic rings. The Morgan fingerprint density at radius 3 is 2.34 bits per heavy atom. The molecule has 1 saturated heterocycles. The molecule has 1 fully saturated rings. The second-order valence-corrected chi connectivity index (χ2v) is 6.89. The molecule has 1 heterocycles. The maximum absolute atomic E-state index is 13.0. The standard InChI is InChI=1S/C22H26FN3O3/c23-18-8-10-19(11-9-18)25-12-14-26(15-13-25)22(28)17-24-21(27)7-4-16-29-20-5-2-1-3-6-20/h1-3,5-6,8-11H,4,7,12-17H2,(H,24,27). The molecule has 1 N–H and O–H groups in total.